The van der Waals surface area contributed by atoms with Crippen LogP contribution in [0.1, 0.15) is 47.0 Å². The molecule has 0 radical (unpaired) electrons. The van der Waals surface area contributed by atoms with Gasteiger partial charge in [-0.1, -0.05) is 27.7 Å². The van der Waals surface area contributed by atoms with Crippen LogP contribution in [0.15, 0.2) is 0 Å². The average molecular weight is 181 g/mol. The Morgan fingerprint density at radius 3 is 1.77 bits per heavy atom. The molecule has 2 aliphatic carbocycles. The zero-order valence-electron chi connectivity index (χ0n) is 9.70. The van der Waals surface area contributed by atoms with Gasteiger partial charge in [-0.2, -0.15) is 0 Å². The normalized spacial score (nSPS) is 33.0. The Morgan fingerprint density at radius 2 is 1.54 bits per heavy atom. The fraction of sp³-hybridized carbons (Fsp3) is 1.00. The highest BCUT2D eigenvalue weighted by atomic mass is 15.0. The van der Waals surface area contributed by atoms with E-state index in [-0.39, 0.29) is 0 Å². The van der Waals surface area contributed by atoms with Crippen molar-refractivity contribution >= 4 is 0 Å². The van der Waals surface area contributed by atoms with Crippen LogP contribution in [0.25, 0.3) is 0 Å². The molecule has 2 aliphatic rings. The highest BCUT2D eigenvalue weighted by Crippen LogP contribution is 2.71. The van der Waals surface area contributed by atoms with Gasteiger partial charge in [-0.15, -0.1) is 0 Å². The summed E-state index contributed by atoms with van der Waals surface area (Å²) in [6, 6.07) is 0. The van der Waals surface area contributed by atoms with Gasteiger partial charge >= 0.3 is 0 Å². The van der Waals surface area contributed by atoms with Crippen molar-refractivity contribution in [1.29, 1.82) is 0 Å². The van der Waals surface area contributed by atoms with Crippen LogP contribution in [-0.4, -0.2) is 12.6 Å². The Bertz CT molecular complexity index is 209. The van der Waals surface area contributed by atoms with E-state index < -0.39 is 0 Å². The molecule has 1 nitrogen and oxygen atoms in total. The first-order valence-electron chi connectivity index (χ1n) is 5.55. The lowest BCUT2D eigenvalue weighted by atomic mass is 10.0. The van der Waals surface area contributed by atoms with E-state index in [1.54, 1.807) is 0 Å². The second-order valence-electron chi connectivity index (χ2n) is 6.23. The lowest BCUT2D eigenvalue weighted by molar-refractivity contribution is 0.425. The Morgan fingerprint density at radius 1 is 1.08 bits per heavy atom. The van der Waals surface area contributed by atoms with E-state index in [1.165, 1.54) is 19.3 Å². The van der Waals surface area contributed by atoms with Crippen molar-refractivity contribution in [3.8, 4) is 0 Å². The van der Waals surface area contributed by atoms with Crippen LogP contribution in [-0.2, 0) is 0 Å². The first-order chi connectivity index (χ1) is 5.86. The SMILES string of the molecule is CNC1(CC2C(C)(C)C2(C)C)CC1. The lowest BCUT2D eigenvalue weighted by Crippen LogP contribution is -2.28. The summed E-state index contributed by atoms with van der Waals surface area (Å²) < 4.78 is 0. The summed E-state index contributed by atoms with van der Waals surface area (Å²) in [6.07, 6.45) is 4.18. The topological polar surface area (TPSA) is 12.0 Å². The molecule has 0 amide bonds. The number of hydrogen-bond donors (Lipinski definition) is 1. The Hall–Kier alpha value is -0.0400. The molecule has 1 N–H and O–H groups in total. The molecule has 0 unspecified atom stereocenters. The third-order valence-corrected chi connectivity index (χ3v) is 5.30. The molecule has 0 aliphatic heterocycles. The summed E-state index contributed by atoms with van der Waals surface area (Å²) in [4.78, 5) is 0. The van der Waals surface area contributed by atoms with Crippen molar-refractivity contribution in [2.24, 2.45) is 16.7 Å². The van der Waals surface area contributed by atoms with Gasteiger partial charge in [0.05, 0.1) is 0 Å². The predicted octanol–water partition coefficient (Wildman–Crippen LogP) is 2.81. The van der Waals surface area contributed by atoms with Crippen molar-refractivity contribution < 1.29 is 0 Å². The van der Waals surface area contributed by atoms with E-state index in [9.17, 15) is 0 Å². The number of nitrogens with one attached hydrogen (secondary N) is 1. The maximum atomic E-state index is 3.50. The summed E-state index contributed by atoms with van der Waals surface area (Å²) in [5.74, 6) is 0.926. The molecule has 0 heterocycles. The van der Waals surface area contributed by atoms with Crippen molar-refractivity contribution in [3.05, 3.63) is 0 Å². The minimum Gasteiger partial charge on any atom is -0.314 e. The molecular formula is C12H23N. The van der Waals surface area contributed by atoms with Crippen molar-refractivity contribution in [1.82, 2.24) is 5.32 Å². The van der Waals surface area contributed by atoms with Crippen molar-refractivity contribution in [2.75, 3.05) is 7.05 Å². The monoisotopic (exact) mass is 181 g/mol. The zero-order valence-corrected chi connectivity index (χ0v) is 9.70. The standard InChI is InChI=1S/C12H23N/c1-10(2)9(11(10,3)4)8-12(13-5)6-7-12/h9,13H,6-8H2,1-5H3. The average Bonchev–Trinajstić information content (AvgIpc) is 2.87. The van der Waals surface area contributed by atoms with E-state index in [1.807, 2.05) is 0 Å². The minimum atomic E-state index is 0.537. The van der Waals surface area contributed by atoms with Crippen LogP contribution >= 0.6 is 0 Å². The molecule has 13 heavy (non-hydrogen) atoms. The van der Waals surface area contributed by atoms with Gasteiger partial charge in [0.1, 0.15) is 0 Å². The molecule has 0 aromatic rings. The molecule has 0 aromatic carbocycles. The highest BCUT2D eigenvalue weighted by Gasteiger charge is 2.66. The molecule has 0 spiro atoms. The number of hydrogen-bond acceptors (Lipinski definition) is 1. The Balaban J connectivity index is 1.99. The van der Waals surface area contributed by atoms with Gasteiger partial charge in [0.25, 0.3) is 0 Å². The minimum absolute atomic E-state index is 0.537. The van der Waals surface area contributed by atoms with Gasteiger partial charge in [-0.3, -0.25) is 0 Å². The summed E-state index contributed by atoms with van der Waals surface area (Å²) in [5.41, 5.74) is 1.68. The van der Waals surface area contributed by atoms with E-state index in [0.29, 0.717) is 16.4 Å². The second-order valence-corrected chi connectivity index (χ2v) is 6.23. The molecule has 2 fully saturated rings. The van der Waals surface area contributed by atoms with E-state index in [2.05, 4.69) is 40.1 Å². The molecule has 2 saturated carbocycles. The van der Waals surface area contributed by atoms with E-state index in [0.717, 1.165) is 5.92 Å². The molecule has 76 valence electrons. The largest absolute Gasteiger partial charge is 0.314 e. The van der Waals surface area contributed by atoms with Gasteiger partial charge in [-0.05, 0) is 43.1 Å². The molecule has 0 saturated heterocycles. The first kappa shape index (κ1) is 9.51. The van der Waals surface area contributed by atoms with Crippen LogP contribution in [0.2, 0.25) is 0 Å². The first-order valence-corrected chi connectivity index (χ1v) is 5.55. The Kier molecular flexibility index (Phi) is 1.69. The summed E-state index contributed by atoms with van der Waals surface area (Å²) in [6.45, 7) is 9.68. The molecule has 0 bridgehead atoms. The maximum Gasteiger partial charge on any atom is 0.0183 e. The summed E-state index contributed by atoms with van der Waals surface area (Å²) >= 11 is 0. The van der Waals surface area contributed by atoms with Gasteiger partial charge < -0.3 is 5.32 Å². The third kappa shape index (κ3) is 1.16. The zero-order chi connectivity index (χ0) is 9.91. The third-order valence-electron chi connectivity index (χ3n) is 5.30. The van der Waals surface area contributed by atoms with Gasteiger partial charge in [0.15, 0.2) is 0 Å². The summed E-state index contributed by atoms with van der Waals surface area (Å²) in [7, 11) is 2.12. The fourth-order valence-corrected chi connectivity index (χ4v) is 2.94. The fourth-order valence-electron chi connectivity index (χ4n) is 2.94. The molecular weight excluding hydrogens is 158 g/mol. The van der Waals surface area contributed by atoms with E-state index >= 15 is 0 Å². The second kappa shape index (κ2) is 2.31. The number of rotatable bonds is 3. The van der Waals surface area contributed by atoms with Crippen molar-refractivity contribution in [3.63, 3.8) is 0 Å². The van der Waals surface area contributed by atoms with Crippen LogP contribution in [0.3, 0.4) is 0 Å². The molecule has 0 atom stereocenters. The van der Waals surface area contributed by atoms with Gasteiger partial charge in [0.2, 0.25) is 0 Å². The lowest BCUT2D eigenvalue weighted by Gasteiger charge is -2.14. The van der Waals surface area contributed by atoms with Crippen LogP contribution in [0.5, 0.6) is 0 Å². The predicted molar refractivity (Wildman–Crippen MR) is 56.7 cm³/mol. The van der Waals surface area contributed by atoms with Gasteiger partial charge in [0, 0.05) is 5.54 Å². The molecule has 2 rings (SSSR count). The Labute approximate surface area is 82.3 Å². The van der Waals surface area contributed by atoms with Crippen LogP contribution < -0.4 is 5.32 Å². The van der Waals surface area contributed by atoms with E-state index in [4.69, 9.17) is 0 Å². The van der Waals surface area contributed by atoms with Crippen molar-refractivity contribution in [2.45, 2.75) is 52.5 Å². The van der Waals surface area contributed by atoms with Crippen LogP contribution in [0, 0.1) is 16.7 Å². The highest BCUT2D eigenvalue weighted by molar-refractivity contribution is 5.17. The van der Waals surface area contributed by atoms with Gasteiger partial charge in [-0.25, -0.2) is 0 Å². The maximum absolute atomic E-state index is 3.50. The smallest absolute Gasteiger partial charge is 0.0183 e. The summed E-state index contributed by atoms with van der Waals surface area (Å²) in [5, 5.41) is 3.50. The quantitative estimate of drug-likeness (QED) is 0.706. The molecule has 0 aromatic heterocycles. The van der Waals surface area contributed by atoms with Crippen LogP contribution in [0.4, 0.5) is 0 Å². The molecule has 1 heteroatoms.